The second kappa shape index (κ2) is 6.41. The van der Waals surface area contributed by atoms with E-state index in [1.54, 1.807) is 11.3 Å². The molecule has 3 nitrogen and oxygen atoms in total. The highest BCUT2D eigenvalue weighted by atomic mass is 32.2. The lowest BCUT2D eigenvalue weighted by Crippen LogP contribution is -2.41. The van der Waals surface area contributed by atoms with E-state index < -0.39 is 0 Å². The third-order valence-electron chi connectivity index (χ3n) is 2.39. The Morgan fingerprint density at radius 1 is 1.30 bits per heavy atom. The van der Waals surface area contributed by atoms with Crippen molar-refractivity contribution in [1.82, 2.24) is 10.3 Å². The highest BCUT2D eigenvalue weighted by Crippen LogP contribution is 2.28. The van der Waals surface area contributed by atoms with Crippen molar-refractivity contribution in [2.45, 2.75) is 30.6 Å². The number of carbonyl (C=O) groups is 1. The van der Waals surface area contributed by atoms with Gasteiger partial charge in [0, 0.05) is 16.5 Å². The molecular weight excluding hydrogens is 288 g/mol. The number of hydrogen-bond donors (Lipinski definition) is 1. The molecular formula is C15H18N2OS2. The first kappa shape index (κ1) is 15.1. The van der Waals surface area contributed by atoms with Gasteiger partial charge in [-0.15, -0.1) is 11.3 Å². The monoisotopic (exact) mass is 306 g/mol. The summed E-state index contributed by atoms with van der Waals surface area (Å²) < 4.78 is 0.924. The maximum absolute atomic E-state index is 11.8. The molecule has 2 aromatic rings. The van der Waals surface area contributed by atoms with Gasteiger partial charge in [0.05, 0.1) is 11.4 Å². The van der Waals surface area contributed by atoms with Crippen molar-refractivity contribution in [3.63, 3.8) is 0 Å². The van der Waals surface area contributed by atoms with Crippen molar-refractivity contribution in [1.29, 1.82) is 0 Å². The molecule has 1 N–H and O–H groups in total. The smallest absolute Gasteiger partial charge is 0.230 e. The van der Waals surface area contributed by atoms with Crippen LogP contribution in [0.4, 0.5) is 0 Å². The van der Waals surface area contributed by atoms with Crippen molar-refractivity contribution in [2.24, 2.45) is 0 Å². The summed E-state index contributed by atoms with van der Waals surface area (Å²) in [6, 6.07) is 10.1. The molecule has 0 fully saturated rings. The summed E-state index contributed by atoms with van der Waals surface area (Å²) in [7, 11) is 0. The zero-order chi connectivity index (χ0) is 14.6. The second-order valence-corrected chi connectivity index (χ2v) is 7.53. The first-order chi connectivity index (χ1) is 9.44. The number of carbonyl (C=O) groups excluding carboxylic acids is 1. The zero-order valence-electron chi connectivity index (χ0n) is 11.8. The minimum Gasteiger partial charge on any atom is -0.351 e. The molecule has 5 heteroatoms. The van der Waals surface area contributed by atoms with Crippen LogP contribution in [0.2, 0.25) is 0 Å². The SMILES string of the molecule is CC(C)(C)NC(=O)CSc1nc(-c2ccccc2)cs1. The molecule has 0 aliphatic carbocycles. The van der Waals surface area contributed by atoms with Crippen molar-refractivity contribution in [3.05, 3.63) is 35.7 Å². The molecule has 0 bridgehead atoms. The molecule has 1 aromatic heterocycles. The molecule has 1 heterocycles. The molecule has 0 radical (unpaired) electrons. The number of thiazole rings is 1. The summed E-state index contributed by atoms with van der Waals surface area (Å²) in [5, 5.41) is 4.97. The quantitative estimate of drug-likeness (QED) is 0.873. The van der Waals surface area contributed by atoms with Crippen molar-refractivity contribution in [3.8, 4) is 11.3 Å². The Morgan fingerprint density at radius 3 is 2.65 bits per heavy atom. The number of amides is 1. The van der Waals surface area contributed by atoms with E-state index in [4.69, 9.17) is 0 Å². The van der Waals surface area contributed by atoms with E-state index in [-0.39, 0.29) is 11.4 Å². The summed E-state index contributed by atoms with van der Waals surface area (Å²) >= 11 is 3.06. The molecule has 106 valence electrons. The molecule has 1 aromatic carbocycles. The number of nitrogens with one attached hydrogen (secondary N) is 1. The maximum atomic E-state index is 11.8. The van der Waals surface area contributed by atoms with Crippen LogP contribution in [0.5, 0.6) is 0 Å². The standard InChI is InChI=1S/C15H18N2OS2/c1-15(2,3)17-13(18)10-20-14-16-12(9-19-14)11-7-5-4-6-8-11/h4-9H,10H2,1-3H3,(H,17,18). The average Bonchev–Trinajstić information content (AvgIpc) is 2.84. The molecule has 0 aliphatic rings. The molecule has 0 aliphatic heterocycles. The van der Waals surface area contributed by atoms with Crippen LogP contribution in [-0.4, -0.2) is 22.2 Å². The third kappa shape index (κ3) is 4.65. The maximum Gasteiger partial charge on any atom is 0.230 e. The van der Waals surface area contributed by atoms with E-state index in [0.717, 1.165) is 15.6 Å². The van der Waals surface area contributed by atoms with Gasteiger partial charge >= 0.3 is 0 Å². The van der Waals surface area contributed by atoms with E-state index in [1.165, 1.54) is 11.8 Å². The summed E-state index contributed by atoms with van der Waals surface area (Å²) in [6.07, 6.45) is 0. The van der Waals surface area contributed by atoms with Crippen LogP contribution in [0.15, 0.2) is 40.1 Å². The van der Waals surface area contributed by atoms with Gasteiger partial charge in [0.2, 0.25) is 5.91 Å². The molecule has 1 amide bonds. The summed E-state index contributed by atoms with van der Waals surface area (Å²) in [6.45, 7) is 5.94. The van der Waals surface area contributed by atoms with Gasteiger partial charge in [0.15, 0.2) is 4.34 Å². The number of thioether (sulfide) groups is 1. The van der Waals surface area contributed by atoms with E-state index in [9.17, 15) is 4.79 Å². The number of rotatable bonds is 4. The minimum atomic E-state index is -0.185. The third-order valence-corrected chi connectivity index (χ3v) is 4.41. The molecule has 0 atom stereocenters. The number of benzene rings is 1. The Hall–Kier alpha value is -1.33. The van der Waals surface area contributed by atoms with Crippen LogP contribution >= 0.6 is 23.1 Å². The van der Waals surface area contributed by atoms with Gasteiger partial charge in [-0.05, 0) is 20.8 Å². The second-order valence-electron chi connectivity index (χ2n) is 5.45. The van der Waals surface area contributed by atoms with E-state index >= 15 is 0 Å². The molecule has 20 heavy (non-hydrogen) atoms. The summed E-state index contributed by atoms with van der Waals surface area (Å²) in [5.74, 6) is 0.443. The lowest BCUT2D eigenvalue weighted by atomic mass is 10.1. The highest BCUT2D eigenvalue weighted by Gasteiger charge is 2.14. The fraction of sp³-hybridized carbons (Fsp3) is 0.333. The van der Waals surface area contributed by atoms with E-state index in [1.807, 2.05) is 56.5 Å². The Labute approximate surface area is 127 Å². The Kier molecular flexibility index (Phi) is 4.83. The minimum absolute atomic E-state index is 0.0407. The van der Waals surface area contributed by atoms with E-state index in [0.29, 0.717) is 5.75 Å². The highest BCUT2D eigenvalue weighted by molar-refractivity contribution is 8.01. The van der Waals surface area contributed by atoms with Gasteiger partial charge in [0.1, 0.15) is 0 Å². The number of nitrogens with zero attached hydrogens (tertiary/aromatic N) is 1. The van der Waals surface area contributed by atoms with E-state index in [2.05, 4.69) is 10.3 Å². The number of aromatic nitrogens is 1. The lowest BCUT2D eigenvalue weighted by Gasteiger charge is -2.19. The molecule has 0 saturated heterocycles. The molecule has 2 rings (SSSR count). The van der Waals surface area contributed by atoms with Crippen LogP contribution < -0.4 is 5.32 Å². The topological polar surface area (TPSA) is 42.0 Å². The Balaban J connectivity index is 1.92. The van der Waals surface area contributed by atoms with Gasteiger partial charge in [-0.2, -0.15) is 0 Å². The predicted octanol–water partition coefficient (Wildman–Crippen LogP) is 3.82. The van der Waals surface area contributed by atoms with Gasteiger partial charge in [-0.1, -0.05) is 42.1 Å². The Bertz CT molecular complexity index is 573. The van der Waals surface area contributed by atoms with Crippen molar-refractivity contribution >= 4 is 29.0 Å². The van der Waals surface area contributed by atoms with Crippen LogP contribution in [-0.2, 0) is 4.79 Å². The van der Waals surface area contributed by atoms with Crippen molar-refractivity contribution < 1.29 is 4.79 Å². The van der Waals surface area contributed by atoms with Gasteiger partial charge in [-0.25, -0.2) is 4.98 Å². The first-order valence-corrected chi connectivity index (χ1v) is 8.25. The van der Waals surface area contributed by atoms with Gasteiger partial charge in [-0.3, -0.25) is 4.79 Å². The number of hydrogen-bond acceptors (Lipinski definition) is 4. The largest absolute Gasteiger partial charge is 0.351 e. The molecule has 0 spiro atoms. The predicted molar refractivity (Wildman–Crippen MR) is 86.2 cm³/mol. The lowest BCUT2D eigenvalue weighted by molar-refractivity contribution is -0.119. The van der Waals surface area contributed by atoms with Crippen molar-refractivity contribution in [2.75, 3.05) is 5.75 Å². The van der Waals surface area contributed by atoms with Crippen LogP contribution in [0.25, 0.3) is 11.3 Å². The van der Waals surface area contributed by atoms with Crippen LogP contribution in [0.3, 0.4) is 0 Å². The summed E-state index contributed by atoms with van der Waals surface area (Å²) in [5.41, 5.74) is 1.89. The zero-order valence-corrected chi connectivity index (χ0v) is 13.5. The first-order valence-electron chi connectivity index (χ1n) is 6.39. The Morgan fingerprint density at radius 2 is 2.00 bits per heavy atom. The fourth-order valence-electron chi connectivity index (χ4n) is 1.65. The van der Waals surface area contributed by atoms with Crippen LogP contribution in [0.1, 0.15) is 20.8 Å². The molecule has 0 unspecified atom stereocenters. The van der Waals surface area contributed by atoms with Crippen LogP contribution in [0, 0.1) is 0 Å². The average molecular weight is 306 g/mol. The van der Waals surface area contributed by atoms with Gasteiger partial charge < -0.3 is 5.32 Å². The summed E-state index contributed by atoms with van der Waals surface area (Å²) in [4.78, 5) is 16.3. The van der Waals surface area contributed by atoms with Gasteiger partial charge in [0.25, 0.3) is 0 Å². The fourth-order valence-corrected chi connectivity index (χ4v) is 3.28. The normalized spacial score (nSPS) is 11.3. The molecule has 0 saturated carbocycles.